The van der Waals surface area contributed by atoms with Gasteiger partial charge >= 0.3 is 0 Å². The van der Waals surface area contributed by atoms with Crippen molar-refractivity contribution in [3.63, 3.8) is 0 Å². The van der Waals surface area contributed by atoms with Gasteiger partial charge in [-0.1, -0.05) is 6.92 Å². The van der Waals surface area contributed by atoms with Gasteiger partial charge in [0.15, 0.2) is 0 Å². The van der Waals surface area contributed by atoms with Crippen LogP contribution in [-0.4, -0.2) is 60.2 Å². The Bertz CT molecular complexity index is 177. The largest absolute Gasteiger partial charge is 0.393 e. The van der Waals surface area contributed by atoms with Gasteiger partial charge in [0.2, 0.25) is 0 Å². The number of likely N-dealkylation sites (tertiary alicyclic amines) is 1. The summed E-state index contributed by atoms with van der Waals surface area (Å²) in [6.07, 6.45) is 0.223. The first-order valence-corrected chi connectivity index (χ1v) is 5.79. The molecule has 0 aromatic carbocycles. The van der Waals surface area contributed by atoms with Gasteiger partial charge in [-0.25, -0.2) is 0 Å². The fourth-order valence-electron chi connectivity index (χ4n) is 1.99. The molecule has 4 heteroatoms. The summed E-state index contributed by atoms with van der Waals surface area (Å²) in [6.45, 7) is 7.41. The molecule has 0 radical (unpaired) electrons. The van der Waals surface area contributed by atoms with Crippen LogP contribution in [0.2, 0.25) is 0 Å². The minimum absolute atomic E-state index is 0.176. The molecule has 1 aliphatic heterocycles. The molecule has 0 aromatic heterocycles. The molecular weight excluding hydrogens is 194 g/mol. The number of nitrogens with zero attached hydrogens (tertiary/aromatic N) is 1. The van der Waals surface area contributed by atoms with Crippen molar-refractivity contribution >= 4 is 0 Å². The lowest BCUT2D eigenvalue weighted by molar-refractivity contribution is -0.0104. The predicted octanol–water partition coefficient (Wildman–Crippen LogP) is 0.0865. The first-order valence-electron chi connectivity index (χ1n) is 5.79. The molecule has 1 rings (SSSR count). The Morgan fingerprint density at radius 2 is 2.27 bits per heavy atom. The summed E-state index contributed by atoms with van der Waals surface area (Å²) in [6, 6.07) is 0. The van der Waals surface area contributed by atoms with Crippen molar-refractivity contribution in [1.29, 1.82) is 0 Å². The van der Waals surface area contributed by atoms with E-state index in [9.17, 15) is 10.2 Å². The van der Waals surface area contributed by atoms with E-state index < -0.39 is 6.10 Å². The highest BCUT2D eigenvalue weighted by molar-refractivity contribution is 4.78. The zero-order chi connectivity index (χ0) is 11.3. The fourth-order valence-corrected chi connectivity index (χ4v) is 1.99. The maximum Gasteiger partial charge on any atom is 0.0900 e. The summed E-state index contributed by atoms with van der Waals surface area (Å²) in [5, 5.41) is 19.2. The second kappa shape index (κ2) is 6.43. The SMILES string of the molecule is CCOCC(O)CN1CCC(O)C(C)C1. The minimum Gasteiger partial charge on any atom is -0.393 e. The molecular formula is C11H23NO3. The molecule has 1 saturated heterocycles. The van der Waals surface area contributed by atoms with Gasteiger partial charge in [-0.2, -0.15) is 0 Å². The minimum atomic E-state index is -0.410. The molecule has 15 heavy (non-hydrogen) atoms. The molecule has 0 bridgehead atoms. The topological polar surface area (TPSA) is 52.9 Å². The lowest BCUT2D eigenvalue weighted by Crippen LogP contribution is -2.45. The zero-order valence-corrected chi connectivity index (χ0v) is 9.72. The Morgan fingerprint density at radius 3 is 2.87 bits per heavy atom. The molecule has 0 amide bonds. The van der Waals surface area contributed by atoms with E-state index >= 15 is 0 Å². The lowest BCUT2D eigenvalue weighted by Gasteiger charge is -2.35. The quantitative estimate of drug-likeness (QED) is 0.685. The average molecular weight is 217 g/mol. The molecule has 1 heterocycles. The van der Waals surface area contributed by atoms with Crippen LogP contribution in [-0.2, 0) is 4.74 Å². The van der Waals surface area contributed by atoms with Crippen molar-refractivity contribution in [2.45, 2.75) is 32.5 Å². The molecule has 3 atom stereocenters. The van der Waals surface area contributed by atoms with Crippen LogP contribution in [0.25, 0.3) is 0 Å². The van der Waals surface area contributed by atoms with Crippen LogP contribution in [0.1, 0.15) is 20.3 Å². The molecule has 90 valence electrons. The first-order chi connectivity index (χ1) is 7.13. The van der Waals surface area contributed by atoms with Gasteiger partial charge in [-0.15, -0.1) is 0 Å². The highest BCUT2D eigenvalue weighted by atomic mass is 16.5. The van der Waals surface area contributed by atoms with E-state index in [4.69, 9.17) is 4.74 Å². The van der Waals surface area contributed by atoms with E-state index in [-0.39, 0.29) is 6.10 Å². The van der Waals surface area contributed by atoms with E-state index in [0.717, 1.165) is 19.5 Å². The Labute approximate surface area is 91.8 Å². The molecule has 4 nitrogen and oxygen atoms in total. The third-order valence-corrected chi connectivity index (χ3v) is 2.93. The van der Waals surface area contributed by atoms with Gasteiger partial charge in [-0.3, -0.25) is 0 Å². The summed E-state index contributed by atoms with van der Waals surface area (Å²) < 4.78 is 5.16. The van der Waals surface area contributed by atoms with Crippen molar-refractivity contribution in [2.75, 3.05) is 32.8 Å². The molecule has 1 fully saturated rings. The smallest absolute Gasteiger partial charge is 0.0900 e. The van der Waals surface area contributed by atoms with Crippen LogP contribution in [0.4, 0.5) is 0 Å². The number of hydrogen-bond donors (Lipinski definition) is 2. The monoisotopic (exact) mass is 217 g/mol. The zero-order valence-electron chi connectivity index (χ0n) is 9.72. The normalized spacial score (nSPS) is 30.4. The highest BCUT2D eigenvalue weighted by Crippen LogP contribution is 2.16. The second-order valence-corrected chi connectivity index (χ2v) is 4.41. The Kier molecular flexibility index (Phi) is 5.53. The van der Waals surface area contributed by atoms with Crippen LogP contribution >= 0.6 is 0 Å². The molecule has 0 aliphatic carbocycles. The van der Waals surface area contributed by atoms with Crippen LogP contribution in [0.15, 0.2) is 0 Å². The van der Waals surface area contributed by atoms with E-state index in [1.165, 1.54) is 0 Å². The molecule has 3 unspecified atom stereocenters. The summed E-state index contributed by atoms with van der Waals surface area (Å²) in [7, 11) is 0. The van der Waals surface area contributed by atoms with Crippen molar-refractivity contribution in [3.05, 3.63) is 0 Å². The predicted molar refractivity (Wildman–Crippen MR) is 58.7 cm³/mol. The number of hydrogen-bond acceptors (Lipinski definition) is 4. The van der Waals surface area contributed by atoms with Crippen LogP contribution < -0.4 is 0 Å². The maximum absolute atomic E-state index is 9.66. The van der Waals surface area contributed by atoms with E-state index in [0.29, 0.717) is 25.7 Å². The fraction of sp³-hybridized carbons (Fsp3) is 1.00. The van der Waals surface area contributed by atoms with Crippen LogP contribution in [0.3, 0.4) is 0 Å². The van der Waals surface area contributed by atoms with Crippen molar-refractivity contribution in [1.82, 2.24) is 4.90 Å². The molecule has 0 saturated carbocycles. The van der Waals surface area contributed by atoms with Gasteiger partial charge in [0.1, 0.15) is 0 Å². The van der Waals surface area contributed by atoms with Crippen LogP contribution in [0.5, 0.6) is 0 Å². The van der Waals surface area contributed by atoms with Crippen LogP contribution in [0, 0.1) is 5.92 Å². The Balaban J connectivity index is 2.21. The third-order valence-electron chi connectivity index (χ3n) is 2.93. The summed E-state index contributed by atoms with van der Waals surface area (Å²) in [4.78, 5) is 2.20. The summed E-state index contributed by atoms with van der Waals surface area (Å²) in [5.41, 5.74) is 0. The number of ether oxygens (including phenoxy) is 1. The molecule has 1 aliphatic rings. The standard InChI is InChI=1S/C11H23NO3/c1-3-15-8-10(13)7-12-5-4-11(14)9(2)6-12/h9-11,13-14H,3-8H2,1-2H3. The summed E-state index contributed by atoms with van der Waals surface area (Å²) in [5.74, 6) is 0.304. The Morgan fingerprint density at radius 1 is 1.53 bits per heavy atom. The molecule has 0 aromatic rings. The van der Waals surface area contributed by atoms with Crippen molar-refractivity contribution in [3.8, 4) is 0 Å². The number of piperidine rings is 1. The van der Waals surface area contributed by atoms with E-state index in [1.807, 2.05) is 13.8 Å². The van der Waals surface area contributed by atoms with E-state index in [2.05, 4.69) is 4.90 Å². The van der Waals surface area contributed by atoms with E-state index in [1.54, 1.807) is 0 Å². The number of β-amino-alcohol motifs (C(OH)–C–C–N with tert-alkyl or cyclic N) is 1. The van der Waals surface area contributed by atoms with Crippen molar-refractivity contribution in [2.24, 2.45) is 5.92 Å². The van der Waals surface area contributed by atoms with Gasteiger partial charge < -0.3 is 19.8 Å². The van der Waals surface area contributed by atoms with Gasteiger partial charge in [0, 0.05) is 26.2 Å². The van der Waals surface area contributed by atoms with Crippen molar-refractivity contribution < 1.29 is 14.9 Å². The maximum atomic E-state index is 9.66. The van der Waals surface area contributed by atoms with Gasteiger partial charge in [-0.05, 0) is 19.3 Å². The van der Waals surface area contributed by atoms with Gasteiger partial charge in [0.25, 0.3) is 0 Å². The number of aliphatic hydroxyl groups excluding tert-OH is 2. The summed E-state index contributed by atoms with van der Waals surface area (Å²) >= 11 is 0. The third kappa shape index (κ3) is 4.47. The second-order valence-electron chi connectivity index (χ2n) is 4.41. The lowest BCUT2D eigenvalue weighted by atomic mass is 9.96. The number of aliphatic hydroxyl groups is 2. The molecule has 0 spiro atoms. The number of rotatable bonds is 5. The first kappa shape index (κ1) is 12.9. The van der Waals surface area contributed by atoms with Gasteiger partial charge in [0.05, 0.1) is 18.8 Å². The average Bonchev–Trinajstić information content (AvgIpc) is 2.20. The Hall–Kier alpha value is -0.160. The highest BCUT2D eigenvalue weighted by Gasteiger charge is 2.25. The molecule has 2 N–H and O–H groups in total.